The fraction of sp³-hybridized carbons (Fsp3) is 0.577. The van der Waals surface area contributed by atoms with E-state index >= 15 is 0 Å². The van der Waals surface area contributed by atoms with Crippen molar-refractivity contribution in [2.75, 3.05) is 55.7 Å². The minimum Gasteiger partial charge on any atom is -0.379 e. The zero-order valence-electron chi connectivity index (χ0n) is 22.0. The summed E-state index contributed by atoms with van der Waals surface area (Å²) in [5.74, 6) is 0.789. The summed E-state index contributed by atoms with van der Waals surface area (Å²) in [6, 6.07) is 5.24. The van der Waals surface area contributed by atoms with Crippen LogP contribution < -0.4 is 15.4 Å². The van der Waals surface area contributed by atoms with Crippen LogP contribution in [-0.4, -0.2) is 78.0 Å². The Bertz CT molecular complexity index is 1250. The molecule has 2 aromatic heterocycles. The molecule has 2 aliphatic rings. The molecule has 0 aliphatic carbocycles. The van der Waals surface area contributed by atoms with E-state index in [0.29, 0.717) is 51.1 Å². The van der Waals surface area contributed by atoms with Gasteiger partial charge in [-0.3, -0.25) is 9.59 Å². The summed E-state index contributed by atoms with van der Waals surface area (Å²) in [4.78, 5) is 34.7. The summed E-state index contributed by atoms with van der Waals surface area (Å²) >= 11 is 0. The Kier molecular flexibility index (Phi) is 8.44. The molecule has 0 aromatic carbocycles. The van der Waals surface area contributed by atoms with Crippen molar-refractivity contribution in [1.29, 1.82) is 5.26 Å². The maximum absolute atomic E-state index is 13.6. The van der Waals surface area contributed by atoms with Crippen molar-refractivity contribution in [3.05, 3.63) is 46.0 Å². The standard InChI is InChI=1S/C26H32F3N7O3/c1-25(2,12-22(37)35-10-8-34(9-11-35)21-6-5-18(13-30)14-31-21)17-39-16-19-4-3-7-36(19)20-15-32-33-24(38)23(20)26(27,28)29/h5-6,14-15,19H,3-4,7-12,16-17H2,1-2H3,(H,33,38)/t19-/m0/s1. The summed E-state index contributed by atoms with van der Waals surface area (Å²) in [7, 11) is 0. The molecule has 0 unspecified atom stereocenters. The molecule has 0 spiro atoms. The minimum absolute atomic E-state index is 0.0166. The van der Waals surface area contributed by atoms with Gasteiger partial charge in [-0.05, 0) is 30.4 Å². The number of pyridine rings is 1. The zero-order chi connectivity index (χ0) is 28.2. The number of carbonyl (C=O) groups is 1. The number of carbonyl (C=O) groups excluding carboxylic acids is 1. The number of halogens is 3. The van der Waals surface area contributed by atoms with Crippen LogP contribution in [0.15, 0.2) is 29.3 Å². The topological polar surface area (TPSA) is 118 Å². The van der Waals surface area contributed by atoms with Gasteiger partial charge in [-0.2, -0.15) is 23.5 Å². The summed E-state index contributed by atoms with van der Waals surface area (Å²) in [6.07, 6.45) is -0.654. The third-order valence-corrected chi connectivity index (χ3v) is 7.07. The highest BCUT2D eigenvalue weighted by Gasteiger charge is 2.41. The molecule has 0 bridgehead atoms. The molecule has 2 aliphatic heterocycles. The van der Waals surface area contributed by atoms with Gasteiger partial charge in [-0.15, -0.1) is 0 Å². The van der Waals surface area contributed by atoms with Gasteiger partial charge in [0.05, 0.1) is 36.7 Å². The Balaban J connectivity index is 1.27. The number of rotatable bonds is 8. The molecule has 2 saturated heterocycles. The van der Waals surface area contributed by atoms with Gasteiger partial charge in [-0.25, -0.2) is 10.1 Å². The van der Waals surface area contributed by atoms with Gasteiger partial charge < -0.3 is 19.4 Å². The number of ether oxygens (including phenoxy) is 1. The number of piperazine rings is 1. The van der Waals surface area contributed by atoms with Gasteiger partial charge in [-0.1, -0.05) is 13.8 Å². The highest BCUT2D eigenvalue weighted by atomic mass is 19.4. The number of nitriles is 1. The molecule has 1 N–H and O–H groups in total. The number of alkyl halides is 3. The Hall–Kier alpha value is -3.66. The van der Waals surface area contributed by atoms with E-state index in [-0.39, 0.29) is 37.3 Å². The number of nitrogens with zero attached hydrogens (tertiary/aromatic N) is 6. The highest BCUT2D eigenvalue weighted by Crippen LogP contribution is 2.36. The highest BCUT2D eigenvalue weighted by molar-refractivity contribution is 5.77. The van der Waals surface area contributed by atoms with Crippen LogP contribution in [0.4, 0.5) is 24.7 Å². The predicted molar refractivity (Wildman–Crippen MR) is 137 cm³/mol. The van der Waals surface area contributed by atoms with E-state index in [0.717, 1.165) is 12.0 Å². The summed E-state index contributed by atoms with van der Waals surface area (Å²) < 4.78 is 46.6. The largest absolute Gasteiger partial charge is 0.423 e. The van der Waals surface area contributed by atoms with Crippen molar-refractivity contribution in [1.82, 2.24) is 20.1 Å². The van der Waals surface area contributed by atoms with Crippen LogP contribution in [0.3, 0.4) is 0 Å². The SMILES string of the molecule is CC(C)(COC[C@@H]1CCCN1c1cn[nH]c(=O)c1C(F)(F)F)CC(=O)N1CCN(c2ccc(C#N)cn2)CC1. The summed E-state index contributed by atoms with van der Waals surface area (Å²) in [5, 5.41) is 14.4. The quantitative estimate of drug-likeness (QED) is 0.536. The van der Waals surface area contributed by atoms with Gasteiger partial charge in [0, 0.05) is 45.3 Å². The van der Waals surface area contributed by atoms with Gasteiger partial charge in [0.1, 0.15) is 17.5 Å². The molecule has 0 radical (unpaired) electrons. The molecular weight excluding hydrogens is 515 g/mol. The van der Waals surface area contributed by atoms with Crippen LogP contribution in [-0.2, 0) is 15.7 Å². The third-order valence-electron chi connectivity index (χ3n) is 7.07. The number of hydrogen-bond acceptors (Lipinski definition) is 8. The maximum atomic E-state index is 13.6. The first kappa shape index (κ1) is 28.4. The van der Waals surface area contributed by atoms with E-state index in [1.54, 1.807) is 17.0 Å². The average Bonchev–Trinajstić information content (AvgIpc) is 3.36. The van der Waals surface area contributed by atoms with Crippen molar-refractivity contribution in [3.63, 3.8) is 0 Å². The number of aromatic amines is 1. The lowest BCUT2D eigenvalue weighted by molar-refractivity contribution is -0.138. The predicted octanol–water partition coefficient (Wildman–Crippen LogP) is 2.81. The monoisotopic (exact) mass is 547 g/mol. The number of H-pyrrole nitrogens is 1. The zero-order valence-corrected chi connectivity index (χ0v) is 22.0. The van der Waals surface area contributed by atoms with E-state index in [1.165, 1.54) is 6.20 Å². The lowest BCUT2D eigenvalue weighted by atomic mass is 9.89. The fourth-order valence-electron chi connectivity index (χ4n) is 5.07. The number of aromatic nitrogens is 3. The second-order valence-corrected chi connectivity index (χ2v) is 10.7. The first-order valence-electron chi connectivity index (χ1n) is 12.9. The summed E-state index contributed by atoms with van der Waals surface area (Å²) in [5.41, 5.74) is -2.72. The molecule has 2 aromatic rings. The van der Waals surface area contributed by atoms with E-state index in [2.05, 4.69) is 15.0 Å². The van der Waals surface area contributed by atoms with Gasteiger partial charge in [0.15, 0.2) is 0 Å². The molecule has 4 rings (SSSR count). The Morgan fingerprint density at radius 2 is 1.92 bits per heavy atom. The number of hydrogen-bond donors (Lipinski definition) is 1. The second-order valence-electron chi connectivity index (χ2n) is 10.7. The molecule has 1 amide bonds. The second kappa shape index (κ2) is 11.6. The Morgan fingerprint density at radius 3 is 2.56 bits per heavy atom. The van der Waals surface area contributed by atoms with Crippen LogP contribution in [0.1, 0.15) is 44.2 Å². The van der Waals surface area contributed by atoms with Gasteiger partial charge in [0.2, 0.25) is 5.91 Å². The fourth-order valence-corrected chi connectivity index (χ4v) is 5.07. The molecule has 10 nitrogen and oxygen atoms in total. The lowest BCUT2D eigenvalue weighted by Crippen LogP contribution is -2.50. The first-order valence-corrected chi connectivity index (χ1v) is 12.9. The minimum atomic E-state index is -4.80. The third kappa shape index (κ3) is 6.86. The lowest BCUT2D eigenvalue weighted by Gasteiger charge is -2.37. The molecule has 0 saturated carbocycles. The van der Waals surface area contributed by atoms with Crippen molar-refractivity contribution in [2.45, 2.75) is 45.3 Å². The van der Waals surface area contributed by atoms with Crippen LogP contribution in [0, 0.1) is 16.7 Å². The first-order chi connectivity index (χ1) is 18.5. The van der Waals surface area contributed by atoms with Crippen molar-refractivity contribution >= 4 is 17.4 Å². The normalized spacial score (nSPS) is 18.4. The number of amides is 1. The van der Waals surface area contributed by atoms with E-state index in [9.17, 15) is 22.8 Å². The number of nitrogens with one attached hydrogen (secondary N) is 1. The molecule has 2 fully saturated rings. The van der Waals surface area contributed by atoms with E-state index in [4.69, 9.17) is 10.00 Å². The van der Waals surface area contributed by atoms with E-state index < -0.39 is 22.7 Å². The van der Waals surface area contributed by atoms with Crippen LogP contribution >= 0.6 is 0 Å². The molecular formula is C26H32F3N7O3. The van der Waals surface area contributed by atoms with Crippen LogP contribution in [0.25, 0.3) is 0 Å². The molecule has 13 heteroatoms. The Morgan fingerprint density at radius 1 is 1.18 bits per heavy atom. The van der Waals surface area contributed by atoms with Gasteiger partial charge >= 0.3 is 6.18 Å². The summed E-state index contributed by atoms with van der Waals surface area (Å²) in [6.45, 7) is 7.05. The number of anilines is 2. The van der Waals surface area contributed by atoms with Crippen molar-refractivity contribution in [2.24, 2.45) is 5.41 Å². The Labute approximate surface area is 224 Å². The maximum Gasteiger partial charge on any atom is 0.423 e. The smallest absolute Gasteiger partial charge is 0.379 e. The van der Waals surface area contributed by atoms with Crippen molar-refractivity contribution in [3.8, 4) is 6.07 Å². The van der Waals surface area contributed by atoms with E-state index in [1.807, 2.05) is 29.9 Å². The molecule has 39 heavy (non-hydrogen) atoms. The van der Waals surface area contributed by atoms with Crippen LogP contribution in [0.5, 0.6) is 0 Å². The van der Waals surface area contributed by atoms with Gasteiger partial charge in [0.25, 0.3) is 5.56 Å². The molecule has 210 valence electrons. The van der Waals surface area contributed by atoms with Crippen molar-refractivity contribution < 1.29 is 22.7 Å². The van der Waals surface area contributed by atoms with Crippen LogP contribution in [0.2, 0.25) is 0 Å². The average molecular weight is 548 g/mol. The molecule has 4 heterocycles. The molecule has 1 atom stereocenters.